The third-order valence-corrected chi connectivity index (χ3v) is 10.2. The van der Waals surface area contributed by atoms with Crippen molar-refractivity contribution in [3.63, 3.8) is 0 Å². The number of carbonyl (C=O) groups is 2. The lowest BCUT2D eigenvalue weighted by Gasteiger charge is -2.18. The lowest BCUT2D eigenvalue weighted by molar-refractivity contribution is -0.163. The van der Waals surface area contributed by atoms with Crippen molar-refractivity contribution in [3.8, 4) is 0 Å². The van der Waals surface area contributed by atoms with Gasteiger partial charge in [0.15, 0.2) is 6.10 Å². The van der Waals surface area contributed by atoms with E-state index in [9.17, 15) is 9.59 Å². The lowest BCUT2D eigenvalue weighted by Crippen LogP contribution is -2.30. The molecule has 0 radical (unpaired) electrons. The van der Waals surface area contributed by atoms with Crippen LogP contribution in [0.1, 0.15) is 226 Å². The monoisotopic (exact) mass is 809 g/mol. The van der Waals surface area contributed by atoms with E-state index in [1.807, 2.05) is 0 Å². The number of esters is 2. The largest absolute Gasteiger partial charge is 0.462 e. The Morgan fingerprint density at radius 2 is 0.810 bits per heavy atom. The average molecular weight is 809 g/mol. The number of carbonyl (C=O) groups excluding carboxylic acids is 2. The average Bonchev–Trinajstić information content (AvgIpc) is 3.22. The van der Waals surface area contributed by atoms with Crippen molar-refractivity contribution in [2.24, 2.45) is 0 Å². The molecule has 0 spiro atoms. The molecule has 0 amide bonds. The third-order valence-electron chi connectivity index (χ3n) is 10.2. The molecule has 0 aromatic rings. The second-order valence-electron chi connectivity index (χ2n) is 16.0. The second kappa shape index (κ2) is 48.7. The molecule has 0 saturated carbocycles. The van der Waals surface area contributed by atoms with Crippen LogP contribution < -0.4 is 0 Å². The van der Waals surface area contributed by atoms with E-state index < -0.39 is 6.10 Å². The molecule has 0 fully saturated rings. The van der Waals surface area contributed by atoms with E-state index in [0.717, 1.165) is 83.5 Å². The molecule has 5 nitrogen and oxygen atoms in total. The van der Waals surface area contributed by atoms with Crippen molar-refractivity contribution >= 4 is 11.9 Å². The van der Waals surface area contributed by atoms with Crippen LogP contribution in [0, 0.1) is 0 Å². The van der Waals surface area contributed by atoms with Crippen molar-refractivity contribution in [2.45, 2.75) is 232 Å². The van der Waals surface area contributed by atoms with Gasteiger partial charge in [-0.1, -0.05) is 203 Å². The van der Waals surface area contributed by atoms with Gasteiger partial charge in [0.05, 0.1) is 6.61 Å². The Morgan fingerprint density at radius 3 is 1.31 bits per heavy atom. The molecule has 0 aliphatic heterocycles. The van der Waals surface area contributed by atoms with Gasteiger partial charge < -0.3 is 14.2 Å². The Morgan fingerprint density at radius 1 is 0.397 bits per heavy atom. The first-order valence-corrected chi connectivity index (χ1v) is 24.5. The highest BCUT2D eigenvalue weighted by atomic mass is 16.6. The molecule has 0 bridgehead atoms. The summed E-state index contributed by atoms with van der Waals surface area (Å²) in [5.74, 6) is -0.420. The molecule has 0 rings (SSSR count). The predicted molar refractivity (Wildman–Crippen MR) is 251 cm³/mol. The van der Waals surface area contributed by atoms with Crippen LogP contribution in [0.5, 0.6) is 0 Å². The highest BCUT2D eigenvalue weighted by molar-refractivity contribution is 5.70. The molecule has 0 N–H and O–H groups in total. The Labute approximate surface area is 359 Å². The van der Waals surface area contributed by atoms with Gasteiger partial charge in [0.2, 0.25) is 0 Å². The first-order chi connectivity index (χ1) is 28.6. The molecule has 0 saturated heterocycles. The van der Waals surface area contributed by atoms with Crippen molar-refractivity contribution in [2.75, 3.05) is 19.8 Å². The zero-order valence-corrected chi connectivity index (χ0v) is 38.3. The standard InChI is InChI=1S/C53H92O5/c1-4-7-10-13-16-19-21-23-25-26-27-28-29-30-32-35-37-40-43-46-52(54)57-50-51(58-53(55)47-44-41-38-34-18-15-12-9-6-3)49-56-48-45-42-39-36-33-31-24-22-20-17-14-11-8-5-2/h7,10-11,14,16,19-20,22-23,25,27-28,51H,4-6,8-9,12-13,15,17-18,21,24,26,29-50H2,1-3H3/b10-7-,14-11-,19-16-,22-20-,25-23-,28-27-. The summed E-state index contributed by atoms with van der Waals surface area (Å²) in [4.78, 5) is 25.3. The van der Waals surface area contributed by atoms with E-state index in [2.05, 4.69) is 93.7 Å². The van der Waals surface area contributed by atoms with E-state index in [1.165, 1.54) is 109 Å². The lowest BCUT2D eigenvalue weighted by atomic mass is 10.1. The summed E-state index contributed by atoms with van der Waals surface area (Å²) in [6.45, 7) is 7.61. The van der Waals surface area contributed by atoms with Gasteiger partial charge in [0.25, 0.3) is 0 Å². The molecule has 0 aliphatic carbocycles. The topological polar surface area (TPSA) is 61.8 Å². The zero-order valence-electron chi connectivity index (χ0n) is 38.3. The summed E-state index contributed by atoms with van der Waals surface area (Å²) in [7, 11) is 0. The van der Waals surface area contributed by atoms with Crippen LogP contribution in [0.25, 0.3) is 0 Å². The molecule has 5 heteroatoms. The van der Waals surface area contributed by atoms with Crippen molar-refractivity contribution in [1.29, 1.82) is 0 Å². The number of allylic oxidation sites excluding steroid dienone is 12. The molecule has 0 aromatic heterocycles. The Balaban J connectivity index is 4.23. The van der Waals surface area contributed by atoms with Crippen LogP contribution in [0.4, 0.5) is 0 Å². The van der Waals surface area contributed by atoms with Gasteiger partial charge in [-0.3, -0.25) is 9.59 Å². The molecule has 58 heavy (non-hydrogen) atoms. The number of unbranched alkanes of at least 4 members (excludes halogenated alkanes) is 21. The summed E-state index contributed by atoms with van der Waals surface area (Å²) < 4.78 is 17.3. The Bertz CT molecular complexity index is 1050. The quantitative estimate of drug-likeness (QED) is 0.0348. The van der Waals surface area contributed by atoms with Crippen LogP contribution in [0.15, 0.2) is 72.9 Å². The fourth-order valence-electron chi connectivity index (χ4n) is 6.60. The summed E-state index contributed by atoms with van der Waals surface area (Å²) in [6, 6.07) is 0. The van der Waals surface area contributed by atoms with Crippen molar-refractivity contribution in [3.05, 3.63) is 72.9 Å². The smallest absolute Gasteiger partial charge is 0.306 e. The maximum atomic E-state index is 12.7. The summed E-state index contributed by atoms with van der Waals surface area (Å²) in [6.07, 6.45) is 61.9. The van der Waals surface area contributed by atoms with Gasteiger partial charge in [-0.2, -0.15) is 0 Å². The van der Waals surface area contributed by atoms with E-state index in [1.54, 1.807) is 0 Å². The molecule has 1 unspecified atom stereocenters. The van der Waals surface area contributed by atoms with Crippen molar-refractivity contribution < 1.29 is 23.8 Å². The molecular formula is C53H92O5. The molecular weight excluding hydrogens is 717 g/mol. The van der Waals surface area contributed by atoms with Crippen molar-refractivity contribution in [1.82, 2.24) is 0 Å². The Kier molecular flexibility index (Phi) is 46.5. The molecule has 0 heterocycles. The van der Waals surface area contributed by atoms with Gasteiger partial charge in [0, 0.05) is 19.4 Å². The number of rotatable bonds is 44. The fraction of sp³-hybridized carbons (Fsp3) is 0.736. The highest BCUT2D eigenvalue weighted by Crippen LogP contribution is 2.13. The van der Waals surface area contributed by atoms with Gasteiger partial charge >= 0.3 is 11.9 Å². The molecule has 334 valence electrons. The third kappa shape index (κ3) is 46.0. The van der Waals surface area contributed by atoms with Crippen LogP contribution in [0.3, 0.4) is 0 Å². The highest BCUT2D eigenvalue weighted by Gasteiger charge is 2.17. The molecule has 1 atom stereocenters. The van der Waals surface area contributed by atoms with Crippen LogP contribution in [0.2, 0.25) is 0 Å². The zero-order chi connectivity index (χ0) is 42.1. The minimum Gasteiger partial charge on any atom is -0.462 e. The Hall–Kier alpha value is -2.66. The predicted octanol–water partition coefficient (Wildman–Crippen LogP) is 16.3. The van der Waals surface area contributed by atoms with Crippen LogP contribution in [-0.4, -0.2) is 37.9 Å². The minimum absolute atomic E-state index is 0.0725. The first-order valence-electron chi connectivity index (χ1n) is 24.5. The molecule has 0 aliphatic rings. The van der Waals surface area contributed by atoms with Gasteiger partial charge in [-0.05, 0) is 83.5 Å². The minimum atomic E-state index is -0.546. The maximum absolute atomic E-state index is 12.7. The molecule has 0 aromatic carbocycles. The first kappa shape index (κ1) is 55.3. The number of hydrogen-bond acceptors (Lipinski definition) is 5. The summed E-state index contributed by atoms with van der Waals surface area (Å²) >= 11 is 0. The van der Waals surface area contributed by atoms with Gasteiger partial charge in [0.1, 0.15) is 6.61 Å². The summed E-state index contributed by atoms with van der Waals surface area (Å²) in [5.41, 5.74) is 0. The summed E-state index contributed by atoms with van der Waals surface area (Å²) in [5, 5.41) is 0. The number of ether oxygens (including phenoxy) is 3. The van der Waals surface area contributed by atoms with Crippen LogP contribution >= 0.6 is 0 Å². The number of hydrogen-bond donors (Lipinski definition) is 0. The van der Waals surface area contributed by atoms with E-state index in [4.69, 9.17) is 14.2 Å². The maximum Gasteiger partial charge on any atom is 0.306 e. The second-order valence-corrected chi connectivity index (χ2v) is 16.0. The van der Waals surface area contributed by atoms with E-state index in [-0.39, 0.29) is 25.2 Å². The van der Waals surface area contributed by atoms with Gasteiger partial charge in [-0.15, -0.1) is 0 Å². The fourth-order valence-corrected chi connectivity index (χ4v) is 6.60. The van der Waals surface area contributed by atoms with E-state index in [0.29, 0.717) is 19.4 Å². The SMILES string of the molecule is CC/C=C\C/C=C\C/C=C\C/C=C\CCCCCCCCC(=O)OCC(COCCCCCCCC/C=C\C/C=C\CCC)OC(=O)CCCCCCCCCCC. The van der Waals surface area contributed by atoms with Crippen LogP contribution in [-0.2, 0) is 23.8 Å². The van der Waals surface area contributed by atoms with Gasteiger partial charge in [-0.25, -0.2) is 0 Å². The van der Waals surface area contributed by atoms with E-state index >= 15 is 0 Å². The normalized spacial score (nSPS) is 12.8.